The first-order valence-electron chi connectivity index (χ1n) is 7.94. The summed E-state index contributed by atoms with van der Waals surface area (Å²) in [4.78, 5) is 20.0. The van der Waals surface area contributed by atoms with Crippen molar-refractivity contribution < 1.29 is 4.79 Å². The van der Waals surface area contributed by atoms with Crippen LogP contribution in [-0.2, 0) is 0 Å². The quantitative estimate of drug-likeness (QED) is 0.926. The number of hydrogen-bond donors (Lipinski definition) is 1. The first-order chi connectivity index (χ1) is 11.2. The van der Waals surface area contributed by atoms with Gasteiger partial charge in [-0.15, -0.1) is 11.3 Å². The molecule has 0 unspecified atom stereocenters. The number of nitrogens with zero attached hydrogens (tertiary/aromatic N) is 2. The largest absolute Gasteiger partial charge is 0.347 e. The minimum Gasteiger partial charge on any atom is -0.347 e. The summed E-state index contributed by atoms with van der Waals surface area (Å²) in [6.07, 6.45) is 4.04. The van der Waals surface area contributed by atoms with E-state index < -0.39 is 0 Å². The molecule has 120 valence electrons. The highest BCUT2D eigenvalue weighted by molar-refractivity contribution is 7.17. The predicted octanol–water partition coefficient (Wildman–Crippen LogP) is 3.29. The van der Waals surface area contributed by atoms with Gasteiger partial charge in [-0.1, -0.05) is 29.8 Å². The average molecular weight is 348 g/mol. The Kier molecular flexibility index (Phi) is 4.09. The topological polar surface area (TPSA) is 45.2 Å². The van der Waals surface area contributed by atoms with Crippen LogP contribution in [0.5, 0.6) is 0 Å². The van der Waals surface area contributed by atoms with Gasteiger partial charge in [0.25, 0.3) is 5.91 Å². The highest BCUT2D eigenvalue weighted by atomic mass is 35.5. The van der Waals surface area contributed by atoms with E-state index in [1.54, 1.807) is 6.20 Å². The lowest BCUT2D eigenvalue weighted by Gasteiger charge is -2.44. The molecule has 2 bridgehead atoms. The van der Waals surface area contributed by atoms with E-state index in [2.05, 4.69) is 15.2 Å². The third-order valence-corrected chi connectivity index (χ3v) is 6.17. The molecule has 1 amide bonds. The molecular formula is C17H18ClN3OS. The number of carbonyl (C=O) groups is 1. The molecule has 3 fully saturated rings. The number of halogens is 1. The van der Waals surface area contributed by atoms with Gasteiger partial charge in [0.15, 0.2) is 0 Å². The minimum absolute atomic E-state index is 0.0143. The number of benzene rings is 1. The number of thiazole rings is 1. The van der Waals surface area contributed by atoms with Crippen LogP contribution in [-0.4, -0.2) is 41.5 Å². The third-order valence-electron chi connectivity index (χ3n) is 4.81. The van der Waals surface area contributed by atoms with E-state index in [4.69, 9.17) is 11.6 Å². The van der Waals surface area contributed by atoms with Gasteiger partial charge in [0.2, 0.25) is 0 Å². The standard InChI is InChI=1S/C17H18ClN3OS/c18-13-4-2-1-3-12(13)17-19-9-15(23-17)16(22)20-14-10-21-7-5-11(14)6-8-21/h1-4,9,11,14H,5-8,10H2,(H,20,22)/t14-/m0/s1. The zero-order valence-corrected chi connectivity index (χ0v) is 14.2. The number of carbonyl (C=O) groups excluding carboxylic acids is 1. The molecule has 0 aliphatic carbocycles. The Morgan fingerprint density at radius 1 is 1.30 bits per heavy atom. The van der Waals surface area contributed by atoms with Crippen LogP contribution in [0.3, 0.4) is 0 Å². The molecule has 1 atom stereocenters. The van der Waals surface area contributed by atoms with Gasteiger partial charge in [-0.2, -0.15) is 0 Å². The van der Waals surface area contributed by atoms with Crippen LogP contribution in [0.2, 0.25) is 5.02 Å². The van der Waals surface area contributed by atoms with Gasteiger partial charge in [0.05, 0.1) is 11.2 Å². The van der Waals surface area contributed by atoms with E-state index in [0.717, 1.165) is 17.1 Å². The van der Waals surface area contributed by atoms with E-state index in [1.165, 1.54) is 37.3 Å². The zero-order chi connectivity index (χ0) is 15.8. The number of amides is 1. The fraction of sp³-hybridized carbons (Fsp3) is 0.412. The van der Waals surface area contributed by atoms with Crippen LogP contribution < -0.4 is 5.32 Å². The highest BCUT2D eigenvalue weighted by Crippen LogP contribution is 2.32. The molecule has 4 nitrogen and oxygen atoms in total. The molecule has 0 radical (unpaired) electrons. The maximum absolute atomic E-state index is 12.5. The summed E-state index contributed by atoms with van der Waals surface area (Å²) in [5.74, 6) is 0.611. The Balaban J connectivity index is 1.48. The second kappa shape index (κ2) is 6.23. The third kappa shape index (κ3) is 3.01. The molecule has 3 aliphatic heterocycles. The Morgan fingerprint density at radius 3 is 2.78 bits per heavy atom. The maximum atomic E-state index is 12.5. The fourth-order valence-electron chi connectivity index (χ4n) is 3.51. The van der Waals surface area contributed by atoms with Crippen LogP contribution in [0.15, 0.2) is 30.5 Å². The molecule has 4 heterocycles. The predicted molar refractivity (Wildman–Crippen MR) is 93.0 cm³/mol. The minimum atomic E-state index is -0.0143. The smallest absolute Gasteiger partial charge is 0.263 e. The zero-order valence-electron chi connectivity index (χ0n) is 12.7. The van der Waals surface area contributed by atoms with Crippen molar-refractivity contribution in [3.05, 3.63) is 40.4 Å². The number of hydrogen-bond acceptors (Lipinski definition) is 4. The molecular weight excluding hydrogens is 330 g/mol. The molecule has 2 aromatic rings. The monoisotopic (exact) mass is 347 g/mol. The van der Waals surface area contributed by atoms with Gasteiger partial charge in [-0.25, -0.2) is 4.98 Å². The molecule has 1 N–H and O–H groups in total. The number of fused-ring (bicyclic) bond motifs is 3. The molecule has 3 aliphatic rings. The van der Waals surface area contributed by atoms with Crippen molar-refractivity contribution in [2.75, 3.05) is 19.6 Å². The molecule has 1 aromatic heterocycles. The Bertz CT molecular complexity index is 724. The van der Waals surface area contributed by atoms with E-state index in [-0.39, 0.29) is 11.9 Å². The maximum Gasteiger partial charge on any atom is 0.263 e. The first kappa shape index (κ1) is 15.1. The Hall–Kier alpha value is -1.43. The Labute approximate surface area is 144 Å². The van der Waals surface area contributed by atoms with Crippen molar-refractivity contribution in [3.63, 3.8) is 0 Å². The molecule has 5 rings (SSSR count). The molecule has 3 saturated heterocycles. The molecule has 23 heavy (non-hydrogen) atoms. The van der Waals surface area contributed by atoms with Crippen molar-refractivity contribution in [3.8, 4) is 10.6 Å². The normalized spacial score (nSPS) is 26.2. The number of piperidine rings is 3. The summed E-state index contributed by atoms with van der Waals surface area (Å²) in [6, 6.07) is 7.85. The van der Waals surface area contributed by atoms with Crippen molar-refractivity contribution in [2.24, 2.45) is 5.92 Å². The van der Waals surface area contributed by atoms with E-state index >= 15 is 0 Å². The first-order valence-corrected chi connectivity index (χ1v) is 9.14. The van der Waals surface area contributed by atoms with E-state index in [0.29, 0.717) is 15.8 Å². The van der Waals surface area contributed by atoms with Crippen molar-refractivity contribution in [1.82, 2.24) is 15.2 Å². The van der Waals surface area contributed by atoms with Crippen LogP contribution >= 0.6 is 22.9 Å². The SMILES string of the molecule is O=C(N[C@H]1CN2CCC1CC2)c1cnc(-c2ccccc2Cl)s1. The number of nitrogens with one attached hydrogen (secondary N) is 1. The summed E-state index contributed by atoms with van der Waals surface area (Å²) < 4.78 is 0. The molecule has 0 saturated carbocycles. The summed E-state index contributed by atoms with van der Waals surface area (Å²) in [6.45, 7) is 3.33. The lowest BCUT2D eigenvalue weighted by Crippen LogP contribution is -2.57. The van der Waals surface area contributed by atoms with Crippen molar-refractivity contribution >= 4 is 28.8 Å². The van der Waals surface area contributed by atoms with Crippen molar-refractivity contribution in [1.29, 1.82) is 0 Å². The van der Waals surface area contributed by atoms with Crippen molar-refractivity contribution in [2.45, 2.75) is 18.9 Å². The van der Waals surface area contributed by atoms with Crippen LogP contribution in [0, 0.1) is 5.92 Å². The van der Waals surface area contributed by atoms with E-state index in [1.807, 2.05) is 24.3 Å². The highest BCUT2D eigenvalue weighted by Gasteiger charge is 2.35. The lowest BCUT2D eigenvalue weighted by atomic mass is 9.84. The summed E-state index contributed by atoms with van der Waals surface area (Å²) >= 11 is 7.60. The van der Waals surface area contributed by atoms with Crippen LogP contribution in [0.4, 0.5) is 0 Å². The summed E-state index contributed by atoms with van der Waals surface area (Å²) in [5.41, 5.74) is 0.876. The lowest BCUT2D eigenvalue weighted by molar-refractivity contribution is 0.0622. The fourth-order valence-corrected chi connectivity index (χ4v) is 4.65. The second-order valence-corrected chi connectivity index (χ2v) is 7.67. The van der Waals surface area contributed by atoms with Gasteiger partial charge in [-0.05, 0) is 37.9 Å². The van der Waals surface area contributed by atoms with Crippen LogP contribution in [0.25, 0.3) is 10.6 Å². The second-order valence-electron chi connectivity index (χ2n) is 6.23. The molecule has 6 heteroatoms. The van der Waals surface area contributed by atoms with Gasteiger partial charge in [0, 0.05) is 18.2 Å². The van der Waals surface area contributed by atoms with Crippen LogP contribution in [0.1, 0.15) is 22.5 Å². The average Bonchev–Trinajstić information content (AvgIpc) is 3.06. The van der Waals surface area contributed by atoms with Gasteiger partial charge < -0.3 is 10.2 Å². The van der Waals surface area contributed by atoms with Gasteiger partial charge in [0.1, 0.15) is 9.88 Å². The van der Waals surface area contributed by atoms with Gasteiger partial charge in [-0.3, -0.25) is 4.79 Å². The summed E-state index contributed by atoms with van der Waals surface area (Å²) in [5, 5.41) is 4.65. The summed E-state index contributed by atoms with van der Waals surface area (Å²) in [7, 11) is 0. The number of rotatable bonds is 3. The van der Waals surface area contributed by atoms with E-state index in [9.17, 15) is 4.79 Å². The number of aromatic nitrogens is 1. The Morgan fingerprint density at radius 2 is 2.09 bits per heavy atom. The molecule has 0 spiro atoms. The van der Waals surface area contributed by atoms with Gasteiger partial charge >= 0.3 is 0 Å². The molecule has 1 aromatic carbocycles.